The fourth-order valence-corrected chi connectivity index (χ4v) is 5.71. The molecule has 2 saturated heterocycles. The number of benzene rings is 2. The zero-order valence-electron chi connectivity index (χ0n) is 21.0. The van der Waals surface area contributed by atoms with Crippen LogP contribution < -0.4 is 14.2 Å². The van der Waals surface area contributed by atoms with Gasteiger partial charge in [0.25, 0.3) is 0 Å². The lowest BCUT2D eigenvalue weighted by Gasteiger charge is -2.44. The smallest absolute Gasteiger partial charge is 0.227 e. The molecule has 0 radical (unpaired) electrons. The van der Waals surface area contributed by atoms with Gasteiger partial charge in [-0.05, 0) is 24.6 Å². The molecule has 2 amide bonds. The summed E-state index contributed by atoms with van der Waals surface area (Å²) in [4.78, 5) is 42.8. The number of rotatable bonds is 5. The van der Waals surface area contributed by atoms with Gasteiger partial charge < -0.3 is 24.0 Å². The SMILES string of the molecule is COc1ccc2c(c1OC)OC1(CCN(C(=O)C3CC(=O)N(C(C)c4ccccc4)C3)CC1)CC2=O. The Kier molecular flexibility index (Phi) is 6.36. The number of hydrogen-bond donors (Lipinski definition) is 0. The van der Waals surface area contributed by atoms with Gasteiger partial charge >= 0.3 is 0 Å². The Hall–Kier alpha value is -3.55. The number of carbonyl (C=O) groups is 3. The van der Waals surface area contributed by atoms with E-state index < -0.39 is 5.60 Å². The lowest BCUT2D eigenvalue weighted by Crippen LogP contribution is -2.53. The van der Waals surface area contributed by atoms with Crippen LogP contribution in [-0.4, -0.2) is 66.9 Å². The first-order valence-electron chi connectivity index (χ1n) is 12.5. The normalized spacial score (nSPS) is 21.7. The molecule has 3 heterocycles. The number of hydrogen-bond acceptors (Lipinski definition) is 6. The van der Waals surface area contributed by atoms with Crippen molar-refractivity contribution >= 4 is 17.6 Å². The van der Waals surface area contributed by atoms with E-state index in [-0.39, 0.29) is 42.4 Å². The van der Waals surface area contributed by atoms with Gasteiger partial charge in [0.05, 0.1) is 38.2 Å². The summed E-state index contributed by atoms with van der Waals surface area (Å²) in [5, 5.41) is 0. The highest BCUT2D eigenvalue weighted by Crippen LogP contribution is 2.48. The van der Waals surface area contributed by atoms with Gasteiger partial charge in [-0.1, -0.05) is 30.3 Å². The number of nitrogens with zero attached hydrogens (tertiary/aromatic N) is 2. The average molecular weight is 493 g/mol. The second-order valence-corrected chi connectivity index (χ2v) is 9.92. The molecule has 3 aliphatic rings. The number of methoxy groups -OCH3 is 2. The predicted molar refractivity (Wildman–Crippen MR) is 132 cm³/mol. The van der Waals surface area contributed by atoms with Crippen LogP contribution in [0.1, 0.15) is 54.6 Å². The number of amides is 2. The predicted octanol–water partition coefficient (Wildman–Crippen LogP) is 3.64. The lowest BCUT2D eigenvalue weighted by atomic mass is 9.82. The highest BCUT2D eigenvalue weighted by molar-refractivity contribution is 6.01. The molecule has 2 aromatic rings. The van der Waals surface area contributed by atoms with Crippen molar-refractivity contribution in [2.45, 2.75) is 44.2 Å². The second kappa shape index (κ2) is 9.48. The summed E-state index contributed by atoms with van der Waals surface area (Å²) >= 11 is 0. The van der Waals surface area contributed by atoms with Crippen LogP contribution >= 0.6 is 0 Å². The van der Waals surface area contributed by atoms with Gasteiger partial charge in [-0.15, -0.1) is 0 Å². The standard InChI is InChI=1S/C28H32N2O6/c1-18(19-7-5-4-6-8-19)30-17-20(15-24(30)32)27(33)29-13-11-28(12-14-29)16-22(31)21-9-10-23(34-2)26(35-3)25(21)36-28/h4-10,18,20H,11-17H2,1-3H3. The maximum Gasteiger partial charge on any atom is 0.227 e. The summed E-state index contributed by atoms with van der Waals surface area (Å²) in [6, 6.07) is 13.2. The van der Waals surface area contributed by atoms with Crippen molar-refractivity contribution in [2.75, 3.05) is 33.9 Å². The molecular weight excluding hydrogens is 460 g/mol. The molecule has 1 spiro atoms. The molecule has 2 unspecified atom stereocenters. The third-order valence-corrected chi connectivity index (χ3v) is 7.85. The van der Waals surface area contributed by atoms with Crippen molar-refractivity contribution in [3.05, 3.63) is 53.6 Å². The fraction of sp³-hybridized carbons (Fsp3) is 0.464. The van der Waals surface area contributed by atoms with Crippen molar-refractivity contribution in [3.63, 3.8) is 0 Å². The highest BCUT2D eigenvalue weighted by Gasteiger charge is 2.47. The number of carbonyl (C=O) groups excluding carboxylic acids is 3. The summed E-state index contributed by atoms with van der Waals surface area (Å²) < 4.78 is 17.3. The zero-order valence-corrected chi connectivity index (χ0v) is 21.0. The molecule has 0 N–H and O–H groups in total. The van der Waals surface area contributed by atoms with Gasteiger partial charge in [0, 0.05) is 38.9 Å². The maximum absolute atomic E-state index is 13.4. The molecule has 2 aromatic carbocycles. The minimum atomic E-state index is -0.681. The van der Waals surface area contributed by atoms with Crippen LogP contribution in [0.3, 0.4) is 0 Å². The summed E-state index contributed by atoms with van der Waals surface area (Å²) in [7, 11) is 3.07. The van der Waals surface area contributed by atoms with Crippen LogP contribution in [0, 0.1) is 5.92 Å². The number of likely N-dealkylation sites (tertiary alicyclic amines) is 2. The van der Waals surface area contributed by atoms with Gasteiger partial charge in [-0.3, -0.25) is 14.4 Å². The van der Waals surface area contributed by atoms with Crippen LogP contribution in [-0.2, 0) is 9.59 Å². The Morgan fingerprint density at radius 3 is 2.44 bits per heavy atom. The molecule has 2 atom stereocenters. The summed E-state index contributed by atoms with van der Waals surface area (Å²) in [6.45, 7) is 3.39. The van der Waals surface area contributed by atoms with E-state index in [1.165, 1.54) is 7.11 Å². The van der Waals surface area contributed by atoms with Crippen molar-refractivity contribution in [1.29, 1.82) is 0 Å². The monoisotopic (exact) mass is 492 g/mol. The van der Waals surface area contributed by atoms with Crippen molar-refractivity contribution in [3.8, 4) is 17.2 Å². The summed E-state index contributed by atoms with van der Waals surface area (Å²) in [5.74, 6) is 1.01. The van der Waals surface area contributed by atoms with Gasteiger partial charge in [0.15, 0.2) is 17.3 Å². The van der Waals surface area contributed by atoms with E-state index in [1.54, 1.807) is 19.2 Å². The second-order valence-electron chi connectivity index (χ2n) is 9.92. The first-order valence-corrected chi connectivity index (χ1v) is 12.5. The van der Waals surface area contributed by atoms with Crippen molar-refractivity contribution < 1.29 is 28.6 Å². The van der Waals surface area contributed by atoms with Crippen LogP contribution in [0.5, 0.6) is 17.2 Å². The highest BCUT2D eigenvalue weighted by atomic mass is 16.5. The van der Waals surface area contributed by atoms with E-state index in [2.05, 4.69) is 0 Å². The minimum Gasteiger partial charge on any atom is -0.493 e. The molecule has 0 saturated carbocycles. The quantitative estimate of drug-likeness (QED) is 0.634. The van der Waals surface area contributed by atoms with Gasteiger partial charge in [0.2, 0.25) is 17.6 Å². The third kappa shape index (κ3) is 4.18. The topological polar surface area (TPSA) is 85.4 Å². The molecule has 5 rings (SSSR count). The molecule has 8 nitrogen and oxygen atoms in total. The zero-order chi connectivity index (χ0) is 25.4. The Balaban J connectivity index is 1.25. The van der Waals surface area contributed by atoms with E-state index in [1.807, 2.05) is 47.1 Å². The Morgan fingerprint density at radius 2 is 1.78 bits per heavy atom. The first-order chi connectivity index (χ1) is 17.4. The van der Waals surface area contributed by atoms with Crippen molar-refractivity contribution in [1.82, 2.24) is 9.80 Å². The molecular formula is C28H32N2O6. The van der Waals surface area contributed by atoms with E-state index >= 15 is 0 Å². The number of ketones is 1. The molecule has 2 fully saturated rings. The van der Waals surface area contributed by atoms with E-state index in [9.17, 15) is 14.4 Å². The Bertz CT molecular complexity index is 1170. The van der Waals surface area contributed by atoms with Gasteiger partial charge in [-0.2, -0.15) is 0 Å². The number of Topliss-reactive ketones (excluding diaryl/α,β-unsaturated/α-hetero) is 1. The number of piperidine rings is 1. The van der Waals surface area contributed by atoms with Crippen LogP contribution in [0.2, 0.25) is 0 Å². The van der Waals surface area contributed by atoms with E-state index in [4.69, 9.17) is 14.2 Å². The van der Waals surface area contributed by atoms with E-state index in [0.29, 0.717) is 55.3 Å². The molecule has 190 valence electrons. The molecule has 0 bridgehead atoms. The molecule has 8 heteroatoms. The average Bonchev–Trinajstić information content (AvgIpc) is 3.29. The molecule has 0 aliphatic carbocycles. The minimum absolute atomic E-state index is 0.00254. The third-order valence-electron chi connectivity index (χ3n) is 7.85. The molecule has 3 aliphatic heterocycles. The molecule has 36 heavy (non-hydrogen) atoms. The first kappa shape index (κ1) is 24.2. The Morgan fingerprint density at radius 1 is 1.06 bits per heavy atom. The number of ether oxygens (including phenoxy) is 3. The van der Waals surface area contributed by atoms with E-state index in [0.717, 1.165) is 5.56 Å². The lowest BCUT2D eigenvalue weighted by molar-refractivity contribution is -0.139. The molecule has 0 aromatic heterocycles. The summed E-state index contributed by atoms with van der Waals surface area (Å²) in [5.41, 5.74) is 0.874. The largest absolute Gasteiger partial charge is 0.493 e. The van der Waals surface area contributed by atoms with Gasteiger partial charge in [0.1, 0.15) is 5.60 Å². The van der Waals surface area contributed by atoms with Crippen LogP contribution in [0.15, 0.2) is 42.5 Å². The van der Waals surface area contributed by atoms with Crippen LogP contribution in [0.25, 0.3) is 0 Å². The van der Waals surface area contributed by atoms with Crippen molar-refractivity contribution in [2.24, 2.45) is 5.92 Å². The maximum atomic E-state index is 13.4. The number of fused-ring (bicyclic) bond motifs is 1. The summed E-state index contributed by atoms with van der Waals surface area (Å²) in [6.07, 6.45) is 1.57. The fourth-order valence-electron chi connectivity index (χ4n) is 5.71. The van der Waals surface area contributed by atoms with Crippen LogP contribution in [0.4, 0.5) is 0 Å². The Labute approximate surface area is 211 Å². The van der Waals surface area contributed by atoms with Gasteiger partial charge in [-0.25, -0.2) is 0 Å².